The van der Waals surface area contributed by atoms with Crippen molar-refractivity contribution in [3.8, 4) is 0 Å². The van der Waals surface area contributed by atoms with Gasteiger partial charge in [0.05, 0.1) is 11.2 Å². The van der Waals surface area contributed by atoms with Crippen molar-refractivity contribution in [3.05, 3.63) is 42.7 Å². The van der Waals surface area contributed by atoms with Crippen LogP contribution in [0.25, 0.3) is 0 Å². The summed E-state index contributed by atoms with van der Waals surface area (Å²) in [5.74, 6) is 0. The molecule has 1 aliphatic rings. The third kappa shape index (κ3) is 3.43. The van der Waals surface area contributed by atoms with Crippen LogP contribution < -0.4 is 0 Å². The number of aryl methyl sites for hydroxylation is 1. The lowest BCUT2D eigenvalue weighted by Crippen LogP contribution is -2.50. The molecule has 1 aromatic carbocycles. The van der Waals surface area contributed by atoms with E-state index in [1.54, 1.807) is 24.3 Å². The molecule has 1 saturated heterocycles. The largest absolute Gasteiger partial charge is 0.419 e. The summed E-state index contributed by atoms with van der Waals surface area (Å²) < 4.78 is 31.0. The number of amides is 1. The van der Waals surface area contributed by atoms with Crippen molar-refractivity contribution in [1.29, 1.82) is 0 Å². The maximum atomic E-state index is 12.5. The zero-order valence-electron chi connectivity index (χ0n) is 11.9. The van der Waals surface area contributed by atoms with Gasteiger partial charge in [0.15, 0.2) is 0 Å². The zero-order valence-corrected chi connectivity index (χ0v) is 12.7. The number of nitrogens with zero attached hydrogens (tertiary/aromatic N) is 2. The quantitative estimate of drug-likeness (QED) is 0.795. The smallest absolute Gasteiger partial charge is 0.414 e. The van der Waals surface area contributed by atoms with Gasteiger partial charge in [0.1, 0.15) is 0 Å². The molecular formula is C14H18N2O4S. The van der Waals surface area contributed by atoms with Crippen LogP contribution in [0.4, 0.5) is 4.79 Å². The maximum Gasteiger partial charge on any atom is 0.414 e. The van der Waals surface area contributed by atoms with Crippen molar-refractivity contribution in [2.75, 3.05) is 26.2 Å². The fourth-order valence-electron chi connectivity index (χ4n) is 2.12. The van der Waals surface area contributed by atoms with Crippen LogP contribution in [-0.2, 0) is 14.8 Å². The summed E-state index contributed by atoms with van der Waals surface area (Å²) in [6.07, 6.45) is 0.565. The summed E-state index contributed by atoms with van der Waals surface area (Å²) in [6, 6.07) is 6.74. The van der Waals surface area contributed by atoms with Crippen molar-refractivity contribution < 1.29 is 17.9 Å². The van der Waals surface area contributed by atoms with Crippen LogP contribution in [0.15, 0.2) is 42.0 Å². The molecule has 0 aromatic heterocycles. The minimum absolute atomic E-state index is 0.252. The van der Waals surface area contributed by atoms with E-state index in [1.807, 2.05) is 6.92 Å². The molecule has 6 nitrogen and oxygen atoms in total. The van der Waals surface area contributed by atoms with Gasteiger partial charge in [0.2, 0.25) is 10.0 Å². The summed E-state index contributed by atoms with van der Waals surface area (Å²) in [5.41, 5.74) is 1.01. The SMILES string of the molecule is C=COC(=O)N1CCN(S(=O)(=O)c2ccc(C)cc2)CC1. The second-order valence-electron chi connectivity index (χ2n) is 4.75. The van der Waals surface area contributed by atoms with Crippen LogP contribution in [0, 0.1) is 6.92 Å². The van der Waals surface area contributed by atoms with E-state index in [0.717, 1.165) is 11.8 Å². The fourth-order valence-corrected chi connectivity index (χ4v) is 3.54. The van der Waals surface area contributed by atoms with Gasteiger partial charge in [0, 0.05) is 26.2 Å². The summed E-state index contributed by atoms with van der Waals surface area (Å²) in [4.78, 5) is 13.3. The Labute approximate surface area is 124 Å². The highest BCUT2D eigenvalue weighted by Crippen LogP contribution is 2.18. The lowest BCUT2D eigenvalue weighted by molar-refractivity contribution is 0.119. The number of piperazine rings is 1. The standard InChI is InChI=1S/C14H18N2O4S/c1-3-20-14(17)15-8-10-16(11-9-15)21(18,19)13-6-4-12(2)5-7-13/h3-7H,1,8-11H2,2H3. The highest BCUT2D eigenvalue weighted by molar-refractivity contribution is 7.89. The molecule has 0 aliphatic carbocycles. The molecule has 0 bridgehead atoms. The molecule has 114 valence electrons. The molecule has 0 radical (unpaired) electrons. The molecule has 1 amide bonds. The lowest BCUT2D eigenvalue weighted by Gasteiger charge is -2.33. The minimum atomic E-state index is -3.51. The van der Waals surface area contributed by atoms with E-state index in [2.05, 4.69) is 11.3 Å². The van der Waals surface area contributed by atoms with Gasteiger partial charge in [-0.3, -0.25) is 0 Å². The molecule has 1 aromatic rings. The average molecular weight is 310 g/mol. The Morgan fingerprint density at radius 1 is 1.19 bits per heavy atom. The Hall–Kier alpha value is -1.86. The molecule has 0 saturated carbocycles. The first-order valence-corrected chi connectivity index (χ1v) is 8.02. The predicted molar refractivity (Wildman–Crippen MR) is 78.2 cm³/mol. The second kappa shape index (κ2) is 6.28. The van der Waals surface area contributed by atoms with Crippen molar-refractivity contribution >= 4 is 16.1 Å². The van der Waals surface area contributed by atoms with Crippen LogP contribution in [-0.4, -0.2) is 49.9 Å². The topological polar surface area (TPSA) is 66.9 Å². The summed E-state index contributed by atoms with van der Waals surface area (Å²) in [6.45, 7) is 6.34. The van der Waals surface area contributed by atoms with Gasteiger partial charge in [-0.25, -0.2) is 13.2 Å². The first kappa shape index (κ1) is 15.5. The molecule has 7 heteroatoms. The van der Waals surface area contributed by atoms with E-state index in [1.165, 1.54) is 9.21 Å². The summed E-state index contributed by atoms with van der Waals surface area (Å²) in [5, 5.41) is 0. The number of hydrogen-bond donors (Lipinski definition) is 0. The van der Waals surface area contributed by atoms with E-state index in [-0.39, 0.29) is 18.0 Å². The van der Waals surface area contributed by atoms with E-state index in [9.17, 15) is 13.2 Å². The lowest BCUT2D eigenvalue weighted by atomic mass is 10.2. The van der Waals surface area contributed by atoms with Crippen molar-refractivity contribution in [2.45, 2.75) is 11.8 Å². The van der Waals surface area contributed by atoms with Crippen molar-refractivity contribution in [1.82, 2.24) is 9.21 Å². The summed E-state index contributed by atoms with van der Waals surface area (Å²) >= 11 is 0. The van der Waals surface area contributed by atoms with Crippen LogP contribution in [0.2, 0.25) is 0 Å². The highest BCUT2D eigenvalue weighted by Gasteiger charge is 2.30. The van der Waals surface area contributed by atoms with Gasteiger partial charge in [0.25, 0.3) is 0 Å². The second-order valence-corrected chi connectivity index (χ2v) is 6.69. The number of ether oxygens (including phenoxy) is 1. The van der Waals surface area contributed by atoms with E-state index < -0.39 is 16.1 Å². The molecule has 0 spiro atoms. The number of rotatable bonds is 3. The predicted octanol–water partition coefficient (Wildman–Crippen LogP) is 1.58. The van der Waals surface area contributed by atoms with Gasteiger partial charge in [-0.05, 0) is 19.1 Å². The number of carbonyl (C=O) groups is 1. The Bertz CT molecular complexity index is 617. The zero-order chi connectivity index (χ0) is 15.5. The normalized spacial score (nSPS) is 16.5. The van der Waals surface area contributed by atoms with Gasteiger partial charge in [-0.1, -0.05) is 24.3 Å². The number of hydrogen-bond acceptors (Lipinski definition) is 4. The molecule has 21 heavy (non-hydrogen) atoms. The number of sulfonamides is 1. The van der Waals surface area contributed by atoms with Crippen molar-refractivity contribution in [2.24, 2.45) is 0 Å². The Balaban J connectivity index is 2.06. The molecule has 1 heterocycles. The van der Waals surface area contributed by atoms with Crippen LogP contribution in [0.1, 0.15) is 5.56 Å². The maximum absolute atomic E-state index is 12.5. The van der Waals surface area contributed by atoms with Crippen molar-refractivity contribution in [3.63, 3.8) is 0 Å². The third-order valence-corrected chi connectivity index (χ3v) is 5.25. The van der Waals surface area contributed by atoms with E-state index in [4.69, 9.17) is 0 Å². The molecule has 0 unspecified atom stereocenters. The number of benzene rings is 1. The number of carbonyl (C=O) groups excluding carboxylic acids is 1. The molecule has 1 fully saturated rings. The van der Waals surface area contributed by atoms with E-state index >= 15 is 0 Å². The molecule has 2 rings (SSSR count). The van der Waals surface area contributed by atoms with E-state index in [0.29, 0.717) is 13.1 Å². The van der Waals surface area contributed by atoms with Gasteiger partial charge in [-0.2, -0.15) is 4.31 Å². The molecule has 0 N–H and O–H groups in total. The fraction of sp³-hybridized carbons (Fsp3) is 0.357. The van der Waals surface area contributed by atoms with Gasteiger partial charge < -0.3 is 9.64 Å². The van der Waals surface area contributed by atoms with Crippen LogP contribution >= 0.6 is 0 Å². The third-order valence-electron chi connectivity index (χ3n) is 3.34. The van der Waals surface area contributed by atoms with Crippen LogP contribution in [0.5, 0.6) is 0 Å². The Kier molecular flexibility index (Phi) is 4.64. The Morgan fingerprint density at radius 2 is 1.76 bits per heavy atom. The first-order chi connectivity index (χ1) is 9.95. The highest BCUT2D eigenvalue weighted by atomic mass is 32.2. The Morgan fingerprint density at radius 3 is 2.29 bits per heavy atom. The monoisotopic (exact) mass is 310 g/mol. The first-order valence-electron chi connectivity index (χ1n) is 6.58. The van der Waals surface area contributed by atoms with Crippen LogP contribution in [0.3, 0.4) is 0 Å². The molecular weight excluding hydrogens is 292 g/mol. The van der Waals surface area contributed by atoms with Gasteiger partial charge in [-0.15, -0.1) is 0 Å². The summed E-state index contributed by atoms with van der Waals surface area (Å²) in [7, 11) is -3.51. The molecule has 0 atom stereocenters. The minimum Gasteiger partial charge on any atom is -0.419 e. The average Bonchev–Trinajstić information content (AvgIpc) is 2.48. The van der Waals surface area contributed by atoms with Gasteiger partial charge >= 0.3 is 6.09 Å². The molecule has 1 aliphatic heterocycles.